The van der Waals surface area contributed by atoms with Crippen LogP contribution in [0.2, 0.25) is 10.0 Å². The molecule has 2 aromatic carbocycles. The summed E-state index contributed by atoms with van der Waals surface area (Å²) in [4.78, 5) is 25.7. The van der Waals surface area contributed by atoms with Gasteiger partial charge in [-0.15, -0.1) is 0 Å². The van der Waals surface area contributed by atoms with E-state index in [1.807, 2.05) is 0 Å². The topological polar surface area (TPSA) is 55.4 Å². The lowest BCUT2D eigenvalue weighted by atomic mass is 9.85. The minimum Gasteiger partial charge on any atom is -0.460 e. The van der Waals surface area contributed by atoms with Crippen molar-refractivity contribution < 1.29 is 31.9 Å². The second-order valence-corrected chi connectivity index (χ2v) is 11.3. The molecule has 1 N–H and O–H groups in total. The highest BCUT2D eigenvalue weighted by Gasteiger charge is 2.52. The second kappa shape index (κ2) is 10.8. The fourth-order valence-corrected chi connectivity index (χ4v) is 4.50. The summed E-state index contributed by atoms with van der Waals surface area (Å²) < 4.78 is 61.7. The van der Waals surface area contributed by atoms with E-state index < -0.39 is 47.1 Å². The molecule has 3 rings (SSSR count). The quantitative estimate of drug-likeness (QED) is 0.261. The number of halogens is 6. The summed E-state index contributed by atoms with van der Waals surface area (Å²) in [5, 5.41) is 2.87. The monoisotopic (exact) mass is 561 g/mol. The molecule has 3 atom stereocenters. The maximum Gasteiger partial charge on any atom is 0.392 e. The molecule has 1 aliphatic carbocycles. The van der Waals surface area contributed by atoms with Crippen molar-refractivity contribution in [1.82, 2.24) is 0 Å². The van der Waals surface area contributed by atoms with Crippen LogP contribution in [-0.2, 0) is 14.3 Å². The van der Waals surface area contributed by atoms with Crippen LogP contribution in [0.4, 0.5) is 23.2 Å². The van der Waals surface area contributed by atoms with Crippen LogP contribution in [-0.4, -0.2) is 29.3 Å². The average Bonchev–Trinajstić information content (AvgIpc) is 3.51. The molecule has 202 valence electrons. The Labute approximate surface area is 223 Å². The Morgan fingerprint density at radius 3 is 2.11 bits per heavy atom. The van der Waals surface area contributed by atoms with Crippen LogP contribution in [0.1, 0.15) is 69.9 Å². The number of benzene rings is 2. The van der Waals surface area contributed by atoms with E-state index in [0.717, 1.165) is 6.92 Å². The van der Waals surface area contributed by atoms with Crippen molar-refractivity contribution in [1.29, 1.82) is 0 Å². The molecular formula is C27H29Cl2F4NO3. The van der Waals surface area contributed by atoms with E-state index in [-0.39, 0.29) is 35.5 Å². The molecule has 0 aliphatic heterocycles. The molecule has 37 heavy (non-hydrogen) atoms. The molecular weight excluding hydrogens is 533 g/mol. The molecule has 0 radical (unpaired) electrons. The predicted octanol–water partition coefficient (Wildman–Crippen LogP) is 8.23. The highest BCUT2D eigenvalue weighted by atomic mass is 35.5. The Morgan fingerprint density at radius 1 is 1.03 bits per heavy atom. The highest BCUT2D eigenvalue weighted by Crippen LogP contribution is 2.53. The molecule has 0 spiro atoms. The number of carbonyl (C=O) groups excluding carboxylic acids is 2. The summed E-state index contributed by atoms with van der Waals surface area (Å²) in [7, 11) is 0. The van der Waals surface area contributed by atoms with Crippen molar-refractivity contribution in [2.45, 2.75) is 76.2 Å². The van der Waals surface area contributed by atoms with Crippen LogP contribution in [0.5, 0.6) is 0 Å². The lowest BCUT2D eigenvalue weighted by Gasteiger charge is -2.27. The number of carbonyl (C=O) groups is 2. The first-order chi connectivity index (χ1) is 17.0. The molecule has 2 aromatic rings. The Kier molecular flexibility index (Phi) is 8.54. The van der Waals surface area contributed by atoms with Crippen LogP contribution in [0, 0.1) is 5.92 Å². The lowest BCUT2D eigenvalue weighted by Crippen LogP contribution is -2.34. The molecule has 10 heteroatoms. The first-order valence-corrected chi connectivity index (χ1v) is 12.6. The summed E-state index contributed by atoms with van der Waals surface area (Å²) >= 11 is 12.1. The van der Waals surface area contributed by atoms with Gasteiger partial charge in [0.15, 0.2) is 0 Å². The first-order valence-electron chi connectivity index (χ1n) is 11.8. The molecule has 4 nitrogen and oxygen atoms in total. The average molecular weight is 562 g/mol. The Balaban J connectivity index is 1.92. The Hall–Kier alpha value is -2.32. The summed E-state index contributed by atoms with van der Waals surface area (Å²) in [5.41, 5.74) is -1.83. The maximum absolute atomic E-state index is 15.3. The fourth-order valence-electron chi connectivity index (χ4n) is 4.21. The molecule has 0 bridgehead atoms. The van der Waals surface area contributed by atoms with Gasteiger partial charge in [-0.2, -0.15) is 13.2 Å². The highest BCUT2D eigenvalue weighted by molar-refractivity contribution is 6.33. The van der Waals surface area contributed by atoms with E-state index in [9.17, 15) is 22.8 Å². The van der Waals surface area contributed by atoms with Crippen LogP contribution in [0.15, 0.2) is 42.5 Å². The van der Waals surface area contributed by atoms with Crippen molar-refractivity contribution >= 4 is 40.8 Å². The zero-order valence-corrected chi connectivity index (χ0v) is 22.4. The van der Waals surface area contributed by atoms with Gasteiger partial charge in [0.05, 0.1) is 29.0 Å². The van der Waals surface area contributed by atoms with E-state index >= 15 is 4.39 Å². The number of esters is 1. The van der Waals surface area contributed by atoms with Gasteiger partial charge >= 0.3 is 12.1 Å². The summed E-state index contributed by atoms with van der Waals surface area (Å²) in [6, 6.07) is 9.92. The minimum absolute atomic E-state index is 0.0240. The van der Waals surface area contributed by atoms with E-state index in [2.05, 4.69) is 5.32 Å². The van der Waals surface area contributed by atoms with Crippen molar-refractivity contribution in [3.63, 3.8) is 0 Å². The Morgan fingerprint density at radius 2 is 1.59 bits per heavy atom. The van der Waals surface area contributed by atoms with Gasteiger partial charge in [-0.1, -0.05) is 48.3 Å². The number of alkyl halides is 4. The van der Waals surface area contributed by atoms with Crippen LogP contribution in [0.25, 0.3) is 0 Å². The maximum atomic E-state index is 15.3. The van der Waals surface area contributed by atoms with E-state index in [1.54, 1.807) is 26.8 Å². The van der Waals surface area contributed by atoms with Gasteiger partial charge in [0, 0.05) is 10.9 Å². The molecule has 1 unspecified atom stereocenters. The second-order valence-electron chi connectivity index (χ2n) is 10.5. The van der Waals surface area contributed by atoms with E-state index in [1.165, 1.54) is 36.4 Å². The van der Waals surface area contributed by atoms with Gasteiger partial charge in [0.2, 0.25) is 5.91 Å². The number of anilines is 1. The third-order valence-electron chi connectivity index (χ3n) is 6.32. The number of amides is 1. The minimum atomic E-state index is -4.65. The smallest absolute Gasteiger partial charge is 0.392 e. The molecule has 1 fully saturated rings. The van der Waals surface area contributed by atoms with Gasteiger partial charge in [0.1, 0.15) is 11.3 Å². The van der Waals surface area contributed by atoms with E-state index in [4.69, 9.17) is 27.9 Å². The zero-order chi connectivity index (χ0) is 27.8. The van der Waals surface area contributed by atoms with E-state index in [0.29, 0.717) is 10.6 Å². The largest absolute Gasteiger partial charge is 0.460 e. The van der Waals surface area contributed by atoms with Crippen LogP contribution < -0.4 is 5.32 Å². The summed E-state index contributed by atoms with van der Waals surface area (Å²) in [6.07, 6.45) is -4.38. The van der Waals surface area contributed by atoms with Crippen molar-refractivity contribution in [2.24, 2.45) is 5.92 Å². The molecule has 0 heterocycles. The van der Waals surface area contributed by atoms with Gasteiger partial charge in [-0.3, -0.25) is 9.59 Å². The molecule has 1 aliphatic rings. The van der Waals surface area contributed by atoms with Crippen molar-refractivity contribution in [3.8, 4) is 0 Å². The van der Waals surface area contributed by atoms with Crippen molar-refractivity contribution in [2.75, 3.05) is 5.32 Å². The summed E-state index contributed by atoms with van der Waals surface area (Å²) in [6.45, 7) is 6.04. The third-order valence-corrected chi connectivity index (χ3v) is 6.90. The van der Waals surface area contributed by atoms with Crippen LogP contribution >= 0.6 is 23.2 Å². The standard InChI is InChI=1S/C27H29Cl2F4NO3/c1-15(27(31,32)33)23(16-5-8-18(28)9-6-16)24(36)34-21-13-17(7-10-20(21)29)19(26(30)11-12-26)14-22(35)37-25(2,3)4/h5-10,13,15,19,23H,11-12,14H2,1-4H3,(H,34,36)/t15-,19?,23+/m1/s1. The zero-order valence-electron chi connectivity index (χ0n) is 20.9. The van der Waals surface area contributed by atoms with Gasteiger partial charge in [0.25, 0.3) is 0 Å². The summed E-state index contributed by atoms with van der Waals surface area (Å²) in [5.74, 6) is -5.99. The SMILES string of the molecule is C[C@H]([C@H](C(=O)Nc1cc(C(CC(=O)OC(C)(C)C)C2(F)CC2)ccc1Cl)c1ccc(Cl)cc1)C(F)(F)F. The molecule has 1 amide bonds. The van der Waals surface area contributed by atoms with Gasteiger partial charge < -0.3 is 10.1 Å². The Bertz CT molecular complexity index is 1140. The van der Waals surface area contributed by atoms with Gasteiger partial charge in [-0.05, 0) is 69.0 Å². The molecule has 0 saturated heterocycles. The number of hydrogen-bond donors (Lipinski definition) is 1. The number of hydrogen-bond acceptors (Lipinski definition) is 3. The normalized spacial score (nSPS) is 17.5. The molecule has 1 saturated carbocycles. The predicted molar refractivity (Wildman–Crippen MR) is 136 cm³/mol. The number of ether oxygens (including phenoxy) is 1. The van der Waals surface area contributed by atoms with Gasteiger partial charge in [-0.25, -0.2) is 4.39 Å². The third kappa shape index (κ3) is 7.60. The number of nitrogens with one attached hydrogen (secondary N) is 1. The van der Waals surface area contributed by atoms with Crippen LogP contribution in [0.3, 0.4) is 0 Å². The van der Waals surface area contributed by atoms with Crippen molar-refractivity contribution in [3.05, 3.63) is 63.6 Å². The lowest BCUT2D eigenvalue weighted by molar-refractivity contribution is -0.178. The number of rotatable bonds is 8. The fraction of sp³-hybridized carbons (Fsp3) is 0.481. The first kappa shape index (κ1) is 29.2. The molecule has 0 aromatic heterocycles.